The maximum Gasteiger partial charge on any atom is 0.269 e. The molecule has 0 spiro atoms. The van der Waals surface area contributed by atoms with Crippen LogP contribution in [0.3, 0.4) is 0 Å². The van der Waals surface area contributed by atoms with Crippen molar-refractivity contribution in [2.45, 2.75) is 59.0 Å². The lowest BCUT2D eigenvalue weighted by Gasteiger charge is -2.34. The molecule has 0 bridgehead atoms. The smallest absolute Gasteiger partial charge is 0.269 e. The number of nitro benzene ring substituents is 1. The second-order valence-corrected chi connectivity index (χ2v) is 5.42. The molecule has 5 heteroatoms. The van der Waals surface area contributed by atoms with Gasteiger partial charge in [0.1, 0.15) is 0 Å². The summed E-state index contributed by atoms with van der Waals surface area (Å²) in [7, 11) is 0. The second-order valence-electron chi connectivity index (χ2n) is 5.42. The summed E-state index contributed by atoms with van der Waals surface area (Å²) in [6.07, 6.45) is 2.11. The maximum absolute atomic E-state index is 12.5. The highest BCUT2D eigenvalue weighted by atomic mass is 16.6. The molecule has 1 amide bonds. The van der Waals surface area contributed by atoms with Crippen molar-refractivity contribution >= 4 is 11.6 Å². The zero-order valence-electron chi connectivity index (χ0n) is 13.2. The Labute approximate surface area is 126 Å². The number of benzene rings is 1. The molecule has 21 heavy (non-hydrogen) atoms. The van der Waals surface area contributed by atoms with Crippen LogP contribution in [0, 0.1) is 10.1 Å². The molecule has 0 fully saturated rings. The molecule has 5 nitrogen and oxygen atoms in total. The van der Waals surface area contributed by atoms with Crippen molar-refractivity contribution in [1.29, 1.82) is 0 Å². The average Bonchev–Trinajstić information content (AvgIpc) is 2.47. The number of hydrogen-bond acceptors (Lipinski definition) is 3. The highest BCUT2D eigenvalue weighted by Gasteiger charge is 2.23. The fourth-order valence-corrected chi connectivity index (χ4v) is 2.32. The molecular formula is C16H24N2O3. The van der Waals surface area contributed by atoms with Gasteiger partial charge in [-0.3, -0.25) is 14.9 Å². The molecule has 0 saturated heterocycles. The van der Waals surface area contributed by atoms with E-state index in [1.165, 1.54) is 12.1 Å². The van der Waals surface area contributed by atoms with E-state index in [-0.39, 0.29) is 30.1 Å². The van der Waals surface area contributed by atoms with Crippen LogP contribution in [0.5, 0.6) is 0 Å². The largest absolute Gasteiger partial charge is 0.337 e. The van der Waals surface area contributed by atoms with E-state index in [1.807, 2.05) is 4.90 Å². The molecule has 116 valence electrons. The Kier molecular flexibility index (Phi) is 6.34. The van der Waals surface area contributed by atoms with Crippen LogP contribution < -0.4 is 0 Å². The van der Waals surface area contributed by atoms with E-state index < -0.39 is 4.92 Å². The fraction of sp³-hybridized carbons (Fsp3) is 0.562. The molecule has 1 aromatic carbocycles. The van der Waals surface area contributed by atoms with E-state index in [1.54, 1.807) is 12.1 Å². The molecule has 0 aliphatic carbocycles. The first-order chi connectivity index (χ1) is 9.90. The number of nitrogens with zero attached hydrogens (tertiary/aromatic N) is 2. The number of hydrogen-bond donors (Lipinski definition) is 0. The third-order valence-electron chi connectivity index (χ3n) is 3.92. The Morgan fingerprint density at radius 3 is 2.00 bits per heavy atom. The Hall–Kier alpha value is -1.91. The lowest BCUT2D eigenvalue weighted by atomic mass is 10.1. The molecule has 0 heterocycles. The first-order valence-corrected chi connectivity index (χ1v) is 7.45. The van der Waals surface area contributed by atoms with Crippen molar-refractivity contribution < 1.29 is 9.72 Å². The number of carbonyl (C=O) groups is 1. The van der Waals surface area contributed by atoms with E-state index >= 15 is 0 Å². The lowest BCUT2D eigenvalue weighted by Crippen LogP contribution is -2.45. The number of nitro groups is 1. The Balaban J connectivity index is 2.83. The summed E-state index contributed by atoms with van der Waals surface area (Å²) in [6.45, 7) is 8.25. The van der Waals surface area contributed by atoms with Crippen LogP contribution in [0.4, 0.5) is 5.69 Å². The predicted molar refractivity (Wildman–Crippen MR) is 83.2 cm³/mol. The molecule has 1 rings (SSSR count). The molecule has 0 aliphatic heterocycles. The summed E-state index contributed by atoms with van der Waals surface area (Å²) < 4.78 is 0. The van der Waals surface area contributed by atoms with Gasteiger partial charge in [0.2, 0.25) is 5.91 Å². The average molecular weight is 292 g/mol. The Morgan fingerprint density at radius 2 is 1.62 bits per heavy atom. The minimum absolute atomic E-state index is 0.0481. The summed E-state index contributed by atoms with van der Waals surface area (Å²) >= 11 is 0. The fourth-order valence-electron chi connectivity index (χ4n) is 2.32. The molecule has 1 aromatic rings. The van der Waals surface area contributed by atoms with Crippen LogP contribution >= 0.6 is 0 Å². The third kappa shape index (κ3) is 4.55. The van der Waals surface area contributed by atoms with Gasteiger partial charge in [-0.1, -0.05) is 26.0 Å². The van der Waals surface area contributed by atoms with Crippen LogP contribution in [0.1, 0.15) is 46.1 Å². The van der Waals surface area contributed by atoms with E-state index in [4.69, 9.17) is 0 Å². The minimum Gasteiger partial charge on any atom is -0.337 e. The van der Waals surface area contributed by atoms with Gasteiger partial charge in [-0.25, -0.2) is 0 Å². The number of amides is 1. The summed E-state index contributed by atoms with van der Waals surface area (Å²) in [4.78, 5) is 24.7. The minimum atomic E-state index is -0.434. The third-order valence-corrected chi connectivity index (χ3v) is 3.92. The van der Waals surface area contributed by atoms with Gasteiger partial charge in [-0.2, -0.15) is 0 Å². The number of rotatable bonds is 7. The first kappa shape index (κ1) is 17.1. The molecule has 0 aromatic heterocycles. The molecule has 0 aliphatic rings. The molecule has 0 radical (unpaired) electrons. The van der Waals surface area contributed by atoms with Crippen molar-refractivity contribution in [3.05, 3.63) is 39.9 Å². The Bertz CT molecular complexity index is 475. The van der Waals surface area contributed by atoms with Gasteiger partial charge in [-0.15, -0.1) is 0 Å². The van der Waals surface area contributed by atoms with E-state index in [0.29, 0.717) is 0 Å². The van der Waals surface area contributed by atoms with Crippen LogP contribution in [-0.4, -0.2) is 27.8 Å². The van der Waals surface area contributed by atoms with Gasteiger partial charge in [0.05, 0.1) is 11.3 Å². The van der Waals surface area contributed by atoms with Crippen molar-refractivity contribution in [3.8, 4) is 0 Å². The highest BCUT2D eigenvalue weighted by Crippen LogP contribution is 2.16. The van der Waals surface area contributed by atoms with E-state index in [2.05, 4.69) is 27.7 Å². The van der Waals surface area contributed by atoms with Gasteiger partial charge < -0.3 is 4.90 Å². The van der Waals surface area contributed by atoms with E-state index in [9.17, 15) is 14.9 Å². The van der Waals surface area contributed by atoms with Crippen molar-refractivity contribution in [2.24, 2.45) is 0 Å². The SMILES string of the molecule is CC[C@H](C)N(C(=O)Cc1ccc([N+](=O)[O-])cc1)[C@@H](C)CC. The summed E-state index contributed by atoms with van der Waals surface area (Å²) in [5.41, 5.74) is 0.856. The van der Waals surface area contributed by atoms with Crippen LogP contribution in [0.15, 0.2) is 24.3 Å². The first-order valence-electron chi connectivity index (χ1n) is 7.45. The Morgan fingerprint density at radius 1 is 1.14 bits per heavy atom. The summed E-state index contributed by atoms with van der Waals surface area (Å²) in [5, 5.41) is 10.6. The van der Waals surface area contributed by atoms with Crippen LogP contribution in [0.2, 0.25) is 0 Å². The van der Waals surface area contributed by atoms with Gasteiger partial charge in [0.15, 0.2) is 0 Å². The van der Waals surface area contributed by atoms with Gasteiger partial charge in [0.25, 0.3) is 5.69 Å². The standard InChI is InChI=1S/C16H24N2O3/c1-5-12(3)17(13(4)6-2)16(19)11-14-7-9-15(10-8-14)18(20)21/h7-10,12-13H,5-6,11H2,1-4H3/t12-,13-/m0/s1. The summed E-state index contributed by atoms with van der Waals surface area (Å²) in [6, 6.07) is 6.60. The van der Waals surface area contributed by atoms with E-state index in [0.717, 1.165) is 18.4 Å². The molecule has 2 atom stereocenters. The monoisotopic (exact) mass is 292 g/mol. The normalized spacial score (nSPS) is 13.5. The van der Waals surface area contributed by atoms with Gasteiger partial charge in [-0.05, 0) is 32.3 Å². The van der Waals surface area contributed by atoms with Gasteiger partial charge in [0, 0.05) is 24.2 Å². The highest BCUT2D eigenvalue weighted by molar-refractivity contribution is 5.79. The maximum atomic E-state index is 12.5. The number of non-ortho nitro benzene ring substituents is 1. The second kappa shape index (κ2) is 7.76. The van der Waals surface area contributed by atoms with Crippen LogP contribution in [0.25, 0.3) is 0 Å². The molecular weight excluding hydrogens is 268 g/mol. The lowest BCUT2D eigenvalue weighted by molar-refractivity contribution is -0.384. The number of carbonyl (C=O) groups excluding carboxylic acids is 1. The topological polar surface area (TPSA) is 63.5 Å². The van der Waals surface area contributed by atoms with Crippen molar-refractivity contribution in [1.82, 2.24) is 4.90 Å². The zero-order chi connectivity index (χ0) is 16.0. The predicted octanol–water partition coefficient (Wildman–Crippen LogP) is 3.56. The van der Waals surface area contributed by atoms with Crippen LogP contribution in [-0.2, 0) is 11.2 Å². The van der Waals surface area contributed by atoms with Crippen molar-refractivity contribution in [3.63, 3.8) is 0 Å². The van der Waals surface area contributed by atoms with Gasteiger partial charge >= 0.3 is 0 Å². The summed E-state index contributed by atoms with van der Waals surface area (Å²) in [5.74, 6) is 0.0764. The quantitative estimate of drug-likeness (QED) is 0.570. The zero-order valence-corrected chi connectivity index (χ0v) is 13.2. The molecule has 0 unspecified atom stereocenters. The molecule has 0 N–H and O–H groups in total. The molecule has 0 saturated carbocycles. The van der Waals surface area contributed by atoms with Crippen molar-refractivity contribution in [2.75, 3.05) is 0 Å².